The summed E-state index contributed by atoms with van der Waals surface area (Å²) in [5.74, 6) is -4.13. The Morgan fingerprint density at radius 3 is 2.16 bits per heavy atom. The summed E-state index contributed by atoms with van der Waals surface area (Å²) in [6.45, 7) is 5.86. The molecule has 12 heteroatoms. The van der Waals surface area contributed by atoms with E-state index in [0.717, 1.165) is 0 Å². The van der Waals surface area contributed by atoms with Gasteiger partial charge in [-0.05, 0) is 12.8 Å². The van der Waals surface area contributed by atoms with Gasteiger partial charge in [0.1, 0.15) is 30.5 Å². The van der Waals surface area contributed by atoms with Crippen LogP contribution in [0, 0.1) is 34.5 Å². The van der Waals surface area contributed by atoms with Crippen LogP contribution in [-0.2, 0) is 19.0 Å². The van der Waals surface area contributed by atoms with Crippen LogP contribution in [0.3, 0.4) is 0 Å². The number of hydrogen-bond acceptors (Lipinski definition) is 12. The highest BCUT2D eigenvalue weighted by Crippen LogP contribution is 2.69. The maximum atomic E-state index is 13.0. The number of carbonyl (C=O) groups is 1. The van der Waals surface area contributed by atoms with E-state index in [1.807, 2.05) is 0 Å². The summed E-state index contributed by atoms with van der Waals surface area (Å²) in [5, 5.41) is 86.2. The molecule has 5 rings (SSSR count). The molecule has 5 aliphatic rings. The second kappa shape index (κ2) is 8.65. The van der Waals surface area contributed by atoms with Gasteiger partial charge in [-0.3, -0.25) is 4.79 Å². The number of aliphatic hydroxyl groups is 8. The third kappa shape index (κ3) is 3.41. The smallest absolute Gasteiger partial charge is 0.310 e. The largest absolute Gasteiger partial charge is 0.459 e. The van der Waals surface area contributed by atoms with E-state index in [4.69, 9.17) is 14.2 Å². The first kappa shape index (κ1) is 27.4. The molecular formula is C25H38O12. The van der Waals surface area contributed by atoms with Crippen LogP contribution in [0.5, 0.6) is 0 Å². The quantitative estimate of drug-likeness (QED) is 0.136. The van der Waals surface area contributed by atoms with Gasteiger partial charge in [0.2, 0.25) is 0 Å². The standard InChI is InChI=1S/C25H38O12/c1-8-11-21(33)37-20-17(32)18-23(2,34)6-5-10(24(18,3)19(25(11,20)4)15(30)12(8)27)36-22-16(31)14(29)13(28)9(7-26)35-22/h5-6,8-20,22,26-32,34H,7H2,1-4H3/t8-,9-,10-,11-,12-,13-,14+,15+,16-,17-,18+,19+,20-,22+,23+,24+,25+/m1/s1. The number of hydrogen-bond donors (Lipinski definition) is 8. The molecule has 3 aliphatic carbocycles. The zero-order valence-electron chi connectivity index (χ0n) is 21.2. The van der Waals surface area contributed by atoms with Crippen molar-refractivity contribution in [1.29, 1.82) is 0 Å². The monoisotopic (exact) mass is 530 g/mol. The van der Waals surface area contributed by atoms with Gasteiger partial charge in [-0.25, -0.2) is 0 Å². The fourth-order valence-electron chi connectivity index (χ4n) is 8.63. The van der Waals surface area contributed by atoms with E-state index in [2.05, 4.69) is 0 Å². The number of esters is 1. The highest BCUT2D eigenvalue weighted by atomic mass is 16.7. The first-order valence-corrected chi connectivity index (χ1v) is 12.8. The molecule has 0 aromatic heterocycles. The van der Waals surface area contributed by atoms with Crippen molar-refractivity contribution in [3.8, 4) is 0 Å². The van der Waals surface area contributed by atoms with Crippen molar-refractivity contribution < 1.29 is 59.9 Å². The fourth-order valence-corrected chi connectivity index (χ4v) is 8.63. The summed E-state index contributed by atoms with van der Waals surface area (Å²) in [6.07, 6.45) is -11.1. The number of aliphatic hydroxyl groups excluding tert-OH is 7. The molecule has 17 atom stereocenters. The molecular weight excluding hydrogens is 492 g/mol. The number of carbonyl (C=O) groups excluding carboxylic acids is 1. The molecule has 2 aliphatic heterocycles. The predicted octanol–water partition coefficient (Wildman–Crippen LogP) is -2.98. The molecule has 0 amide bonds. The van der Waals surface area contributed by atoms with Crippen LogP contribution in [0.1, 0.15) is 27.7 Å². The molecule has 12 nitrogen and oxygen atoms in total. The topological polar surface area (TPSA) is 207 Å². The van der Waals surface area contributed by atoms with Crippen LogP contribution in [0.25, 0.3) is 0 Å². The van der Waals surface area contributed by atoms with Crippen molar-refractivity contribution in [2.45, 2.75) is 94.5 Å². The molecule has 8 N–H and O–H groups in total. The molecule has 0 spiro atoms. The molecule has 0 aromatic carbocycles. The van der Waals surface area contributed by atoms with Gasteiger partial charge in [-0.2, -0.15) is 0 Å². The minimum atomic E-state index is -1.71. The van der Waals surface area contributed by atoms with Crippen LogP contribution in [0.2, 0.25) is 0 Å². The zero-order chi connectivity index (χ0) is 27.4. The van der Waals surface area contributed by atoms with Gasteiger partial charge in [0.25, 0.3) is 0 Å². The number of rotatable bonds is 3. The van der Waals surface area contributed by atoms with Gasteiger partial charge in [-0.1, -0.05) is 32.9 Å². The molecule has 2 saturated heterocycles. The average Bonchev–Trinajstić information content (AvgIpc) is 3.09. The Morgan fingerprint density at radius 2 is 1.54 bits per heavy atom. The van der Waals surface area contributed by atoms with Crippen LogP contribution in [0.15, 0.2) is 12.2 Å². The van der Waals surface area contributed by atoms with Gasteiger partial charge in [-0.15, -0.1) is 0 Å². The van der Waals surface area contributed by atoms with Crippen molar-refractivity contribution >= 4 is 5.97 Å². The van der Waals surface area contributed by atoms with Crippen LogP contribution in [0.4, 0.5) is 0 Å². The van der Waals surface area contributed by atoms with E-state index in [9.17, 15) is 45.6 Å². The molecule has 0 bridgehead atoms. The van der Waals surface area contributed by atoms with Gasteiger partial charge in [0.15, 0.2) is 6.29 Å². The Morgan fingerprint density at radius 1 is 0.892 bits per heavy atom. The molecule has 0 radical (unpaired) electrons. The van der Waals surface area contributed by atoms with Crippen molar-refractivity contribution in [2.75, 3.05) is 6.61 Å². The lowest BCUT2D eigenvalue weighted by Crippen LogP contribution is -2.76. The second-order valence-electron chi connectivity index (χ2n) is 12.2. The summed E-state index contributed by atoms with van der Waals surface area (Å²) >= 11 is 0. The van der Waals surface area contributed by atoms with Crippen molar-refractivity contribution in [1.82, 2.24) is 0 Å². The highest BCUT2D eigenvalue weighted by Gasteiger charge is 2.78. The minimum Gasteiger partial charge on any atom is -0.459 e. The van der Waals surface area contributed by atoms with E-state index >= 15 is 0 Å². The zero-order valence-corrected chi connectivity index (χ0v) is 21.2. The first-order chi connectivity index (χ1) is 17.1. The van der Waals surface area contributed by atoms with Gasteiger partial charge in [0.05, 0.1) is 42.5 Å². The van der Waals surface area contributed by atoms with Crippen molar-refractivity contribution in [3.63, 3.8) is 0 Å². The first-order valence-electron chi connectivity index (χ1n) is 12.8. The molecule has 2 saturated carbocycles. The van der Waals surface area contributed by atoms with Crippen LogP contribution < -0.4 is 0 Å². The van der Waals surface area contributed by atoms with Crippen LogP contribution >= 0.6 is 0 Å². The fraction of sp³-hybridized carbons (Fsp3) is 0.880. The third-order valence-corrected chi connectivity index (χ3v) is 10.2. The summed E-state index contributed by atoms with van der Waals surface area (Å²) in [7, 11) is 0. The Bertz CT molecular complexity index is 954. The summed E-state index contributed by atoms with van der Waals surface area (Å²) in [4.78, 5) is 13.0. The van der Waals surface area contributed by atoms with Crippen LogP contribution in [-0.4, -0.2) is 120 Å². The maximum absolute atomic E-state index is 13.0. The van der Waals surface area contributed by atoms with Gasteiger partial charge >= 0.3 is 5.97 Å². The molecule has 0 aromatic rings. The van der Waals surface area contributed by atoms with E-state index in [0.29, 0.717) is 0 Å². The lowest BCUT2D eigenvalue weighted by atomic mass is 9.38. The Kier molecular flexibility index (Phi) is 6.40. The molecule has 0 unspecified atom stereocenters. The SMILES string of the molecule is C[C@H]1[C@@H](O)[C@H](O)[C@@H]2[C@@]3(C)[C@H](OC(=O)[C@@H]13)[C@H](O)[C@@H]1[C@]2(C)[C@H](O[C@@H]2O[C@H](CO)[C@@H](O)[C@H](O)[C@H]2O)C=C[C@]1(C)O. The van der Waals surface area contributed by atoms with Gasteiger partial charge in [0, 0.05) is 22.7 Å². The Labute approximate surface area is 214 Å². The number of ether oxygens (including phenoxy) is 3. The Hall–Kier alpha value is -1.19. The van der Waals surface area contributed by atoms with E-state index in [1.165, 1.54) is 19.1 Å². The third-order valence-electron chi connectivity index (χ3n) is 10.2. The van der Waals surface area contributed by atoms with E-state index in [1.54, 1.807) is 20.8 Å². The van der Waals surface area contributed by atoms with Crippen molar-refractivity contribution in [2.24, 2.45) is 34.5 Å². The minimum absolute atomic E-state index is 0.601. The predicted molar refractivity (Wildman–Crippen MR) is 122 cm³/mol. The lowest BCUT2D eigenvalue weighted by molar-refractivity contribution is -0.343. The summed E-state index contributed by atoms with van der Waals surface area (Å²) in [6, 6.07) is 0. The number of fused-ring (bicyclic) bond motifs is 2. The molecule has 210 valence electrons. The second-order valence-corrected chi connectivity index (χ2v) is 12.2. The normalized spacial score (nSPS) is 61.0. The van der Waals surface area contributed by atoms with Crippen molar-refractivity contribution in [3.05, 3.63) is 12.2 Å². The lowest BCUT2D eigenvalue weighted by Gasteiger charge is -2.67. The summed E-state index contributed by atoms with van der Waals surface area (Å²) < 4.78 is 17.4. The van der Waals surface area contributed by atoms with Gasteiger partial charge < -0.3 is 55.1 Å². The maximum Gasteiger partial charge on any atom is 0.310 e. The molecule has 2 heterocycles. The van der Waals surface area contributed by atoms with E-state index in [-0.39, 0.29) is 0 Å². The summed E-state index contributed by atoms with van der Waals surface area (Å²) in [5.41, 5.74) is -4.17. The molecule has 37 heavy (non-hydrogen) atoms. The Balaban J connectivity index is 1.62. The highest BCUT2D eigenvalue weighted by molar-refractivity contribution is 5.77. The average molecular weight is 531 g/mol. The molecule has 4 fully saturated rings. The van der Waals surface area contributed by atoms with E-state index < -0.39 is 114 Å².